The highest BCUT2D eigenvalue weighted by Gasteiger charge is 2.18. The minimum absolute atomic E-state index is 0.117. The summed E-state index contributed by atoms with van der Waals surface area (Å²) in [5.41, 5.74) is 5.44. The Morgan fingerprint density at radius 1 is 1.31 bits per heavy atom. The second-order valence-electron chi connectivity index (χ2n) is 3.37. The van der Waals surface area contributed by atoms with Crippen LogP contribution in [-0.4, -0.2) is 31.3 Å². The molecule has 0 saturated heterocycles. The summed E-state index contributed by atoms with van der Waals surface area (Å²) < 4.78 is 22.1. The third-order valence-electron chi connectivity index (χ3n) is 2.13. The lowest BCUT2D eigenvalue weighted by molar-refractivity contribution is 0.0242. The van der Waals surface area contributed by atoms with Gasteiger partial charge < -0.3 is 15.9 Å². The summed E-state index contributed by atoms with van der Waals surface area (Å²) in [5, 5.41) is 23.9. The second kappa shape index (κ2) is 4.89. The van der Waals surface area contributed by atoms with Crippen LogP contribution in [0, 0.1) is 0 Å². The van der Waals surface area contributed by atoms with Crippen LogP contribution >= 0.6 is 0 Å². The number of hydrogen-bond donors (Lipinski definition) is 4. The molecule has 0 spiro atoms. The van der Waals surface area contributed by atoms with E-state index in [0.29, 0.717) is 0 Å². The van der Waals surface area contributed by atoms with Gasteiger partial charge in [-0.3, -0.25) is 0 Å². The molecule has 6 nitrogen and oxygen atoms in total. The summed E-state index contributed by atoms with van der Waals surface area (Å²) in [4.78, 5) is -0.117. The van der Waals surface area contributed by atoms with Gasteiger partial charge in [0.2, 0.25) is 10.0 Å². The number of aliphatic hydroxyl groups excluding tert-OH is 2. The number of rotatable bonds is 4. The average molecular weight is 246 g/mol. The predicted molar refractivity (Wildman–Crippen MR) is 57.8 cm³/mol. The molecular weight excluding hydrogens is 232 g/mol. The molecule has 1 aromatic rings. The van der Waals surface area contributed by atoms with E-state index < -0.39 is 22.2 Å². The summed E-state index contributed by atoms with van der Waals surface area (Å²) in [6.07, 6.45) is -2.37. The van der Waals surface area contributed by atoms with Gasteiger partial charge in [-0.25, -0.2) is 13.6 Å². The fourth-order valence-corrected chi connectivity index (χ4v) is 1.80. The van der Waals surface area contributed by atoms with E-state index in [1.165, 1.54) is 24.3 Å². The standard InChI is InChI=1S/C9H14N2O4S/c10-5-8(12)9(13)6-2-1-3-7(4-6)16(11,14)15/h1-4,8-9,12-13H,5,10H2,(H2,11,14,15). The maximum Gasteiger partial charge on any atom is 0.238 e. The Bertz CT molecular complexity index is 460. The zero-order valence-electron chi connectivity index (χ0n) is 8.45. The van der Waals surface area contributed by atoms with Gasteiger partial charge in [0.05, 0.1) is 11.0 Å². The largest absolute Gasteiger partial charge is 0.389 e. The molecule has 0 fully saturated rings. The molecule has 0 amide bonds. The minimum Gasteiger partial charge on any atom is -0.389 e. The number of nitrogens with two attached hydrogens (primary N) is 2. The first-order chi connectivity index (χ1) is 7.36. The van der Waals surface area contributed by atoms with Crippen molar-refractivity contribution in [2.45, 2.75) is 17.1 Å². The van der Waals surface area contributed by atoms with Crippen LogP contribution in [0.5, 0.6) is 0 Å². The smallest absolute Gasteiger partial charge is 0.238 e. The molecule has 0 aliphatic rings. The van der Waals surface area contributed by atoms with Gasteiger partial charge in [-0.2, -0.15) is 0 Å². The fourth-order valence-electron chi connectivity index (χ4n) is 1.23. The first kappa shape index (κ1) is 13.1. The molecule has 0 aromatic heterocycles. The van der Waals surface area contributed by atoms with Crippen molar-refractivity contribution in [3.05, 3.63) is 29.8 Å². The molecule has 2 unspecified atom stereocenters. The number of primary sulfonamides is 1. The van der Waals surface area contributed by atoms with Crippen LogP contribution in [0.25, 0.3) is 0 Å². The number of benzene rings is 1. The van der Waals surface area contributed by atoms with Crippen LogP contribution in [0.3, 0.4) is 0 Å². The lowest BCUT2D eigenvalue weighted by atomic mass is 10.0. The van der Waals surface area contributed by atoms with Crippen LogP contribution in [0.2, 0.25) is 0 Å². The van der Waals surface area contributed by atoms with Crippen molar-refractivity contribution < 1.29 is 18.6 Å². The van der Waals surface area contributed by atoms with Gasteiger partial charge in [-0.05, 0) is 17.7 Å². The van der Waals surface area contributed by atoms with E-state index in [-0.39, 0.29) is 17.0 Å². The van der Waals surface area contributed by atoms with Gasteiger partial charge in [0, 0.05) is 6.54 Å². The van der Waals surface area contributed by atoms with Crippen LogP contribution in [0.1, 0.15) is 11.7 Å². The summed E-state index contributed by atoms with van der Waals surface area (Å²) in [6.45, 7) is -0.124. The number of hydrogen-bond acceptors (Lipinski definition) is 5. The van der Waals surface area contributed by atoms with Crippen molar-refractivity contribution in [1.29, 1.82) is 0 Å². The normalized spacial score (nSPS) is 15.8. The molecule has 16 heavy (non-hydrogen) atoms. The molecule has 0 saturated carbocycles. The highest BCUT2D eigenvalue weighted by atomic mass is 32.2. The molecule has 2 atom stereocenters. The van der Waals surface area contributed by atoms with Gasteiger partial charge in [0.15, 0.2) is 0 Å². The topological polar surface area (TPSA) is 127 Å². The van der Waals surface area contributed by atoms with Crippen molar-refractivity contribution in [3.8, 4) is 0 Å². The van der Waals surface area contributed by atoms with Crippen LogP contribution in [0.4, 0.5) is 0 Å². The Balaban J connectivity index is 3.08. The second-order valence-corrected chi connectivity index (χ2v) is 4.93. The first-order valence-electron chi connectivity index (χ1n) is 4.55. The molecule has 1 rings (SSSR count). The van der Waals surface area contributed by atoms with Gasteiger partial charge in [-0.1, -0.05) is 12.1 Å². The average Bonchev–Trinajstić information content (AvgIpc) is 2.26. The maximum atomic E-state index is 11.1. The third-order valence-corrected chi connectivity index (χ3v) is 3.05. The Kier molecular flexibility index (Phi) is 4.00. The Morgan fingerprint density at radius 3 is 2.44 bits per heavy atom. The fraction of sp³-hybridized carbons (Fsp3) is 0.333. The first-order valence-corrected chi connectivity index (χ1v) is 6.10. The molecule has 0 aliphatic carbocycles. The molecule has 6 N–H and O–H groups in total. The summed E-state index contributed by atoms with van der Waals surface area (Å²) in [6, 6.07) is 5.43. The lowest BCUT2D eigenvalue weighted by Gasteiger charge is -2.16. The Labute approximate surface area is 93.6 Å². The molecule has 7 heteroatoms. The van der Waals surface area contributed by atoms with E-state index >= 15 is 0 Å². The monoisotopic (exact) mass is 246 g/mol. The highest BCUT2D eigenvalue weighted by molar-refractivity contribution is 7.89. The molecule has 0 radical (unpaired) electrons. The molecule has 0 aliphatic heterocycles. The van der Waals surface area contributed by atoms with E-state index in [0.717, 1.165) is 0 Å². The molecule has 1 aromatic carbocycles. The minimum atomic E-state index is -3.82. The third kappa shape index (κ3) is 3.00. The summed E-state index contributed by atoms with van der Waals surface area (Å²) in [5.74, 6) is 0. The summed E-state index contributed by atoms with van der Waals surface area (Å²) in [7, 11) is -3.82. The lowest BCUT2D eigenvalue weighted by Crippen LogP contribution is -2.27. The van der Waals surface area contributed by atoms with Gasteiger partial charge in [0.25, 0.3) is 0 Å². The van der Waals surface area contributed by atoms with E-state index in [4.69, 9.17) is 10.9 Å². The quantitative estimate of drug-likeness (QED) is 0.524. The van der Waals surface area contributed by atoms with Crippen molar-refractivity contribution in [1.82, 2.24) is 0 Å². The molecular formula is C9H14N2O4S. The van der Waals surface area contributed by atoms with E-state index in [1.807, 2.05) is 0 Å². The van der Waals surface area contributed by atoms with E-state index in [1.54, 1.807) is 0 Å². The van der Waals surface area contributed by atoms with Gasteiger partial charge in [0.1, 0.15) is 6.10 Å². The molecule has 0 heterocycles. The van der Waals surface area contributed by atoms with E-state index in [2.05, 4.69) is 0 Å². The van der Waals surface area contributed by atoms with E-state index in [9.17, 15) is 18.6 Å². The van der Waals surface area contributed by atoms with Crippen molar-refractivity contribution in [2.24, 2.45) is 10.9 Å². The van der Waals surface area contributed by atoms with Gasteiger partial charge in [-0.15, -0.1) is 0 Å². The van der Waals surface area contributed by atoms with Gasteiger partial charge >= 0.3 is 0 Å². The van der Waals surface area contributed by atoms with Crippen molar-refractivity contribution >= 4 is 10.0 Å². The van der Waals surface area contributed by atoms with Crippen LogP contribution < -0.4 is 10.9 Å². The van der Waals surface area contributed by atoms with Crippen molar-refractivity contribution in [3.63, 3.8) is 0 Å². The molecule has 0 bridgehead atoms. The maximum absolute atomic E-state index is 11.1. The predicted octanol–water partition coefficient (Wildman–Crippen LogP) is -1.31. The Hall–Kier alpha value is -0.990. The van der Waals surface area contributed by atoms with Crippen LogP contribution in [-0.2, 0) is 10.0 Å². The number of sulfonamides is 1. The van der Waals surface area contributed by atoms with Crippen molar-refractivity contribution in [2.75, 3.05) is 6.54 Å². The SMILES string of the molecule is NCC(O)C(O)c1cccc(S(N)(=O)=O)c1. The molecule has 90 valence electrons. The zero-order valence-corrected chi connectivity index (χ0v) is 9.26. The zero-order chi connectivity index (χ0) is 12.3. The Morgan fingerprint density at radius 2 is 1.94 bits per heavy atom. The number of aliphatic hydroxyl groups is 2. The highest BCUT2D eigenvalue weighted by Crippen LogP contribution is 2.19. The van der Waals surface area contributed by atoms with Crippen LogP contribution in [0.15, 0.2) is 29.2 Å². The summed E-state index contributed by atoms with van der Waals surface area (Å²) >= 11 is 0.